The molecule has 0 aliphatic rings. The first-order chi connectivity index (χ1) is 12.3. The maximum atomic E-state index is 4.54. The number of fused-ring (bicyclic) bond motifs is 1. The number of aromatic nitrogens is 4. The van der Waals surface area contributed by atoms with Crippen molar-refractivity contribution in [2.24, 2.45) is 0 Å². The molecule has 0 saturated carbocycles. The van der Waals surface area contributed by atoms with E-state index in [1.807, 2.05) is 25.1 Å². The number of benzene rings is 2. The van der Waals surface area contributed by atoms with Crippen LogP contribution in [0.2, 0.25) is 0 Å². The minimum Gasteiger partial charge on any atom is -0.365 e. The van der Waals surface area contributed by atoms with Gasteiger partial charge in [0.2, 0.25) is 0 Å². The van der Waals surface area contributed by atoms with Crippen molar-refractivity contribution in [2.75, 3.05) is 5.32 Å². The van der Waals surface area contributed by atoms with Crippen LogP contribution in [0.3, 0.4) is 0 Å². The standard InChI is InChI=1S/C19H17N5S/c1-14-21-22-19-12-11-18(23-24(14)19)20-13-15-7-5-6-10-17(15)25-16-8-3-2-4-9-16/h2-12H,13H2,1H3,(H,20,23). The van der Waals surface area contributed by atoms with E-state index < -0.39 is 0 Å². The summed E-state index contributed by atoms with van der Waals surface area (Å²) in [6.45, 7) is 2.60. The quantitative estimate of drug-likeness (QED) is 0.586. The molecule has 25 heavy (non-hydrogen) atoms. The van der Waals surface area contributed by atoms with E-state index in [1.54, 1.807) is 16.3 Å². The number of nitrogens with one attached hydrogen (secondary N) is 1. The fourth-order valence-corrected chi connectivity index (χ4v) is 3.51. The summed E-state index contributed by atoms with van der Waals surface area (Å²) < 4.78 is 1.74. The molecule has 0 radical (unpaired) electrons. The smallest absolute Gasteiger partial charge is 0.178 e. The van der Waals surface area contributed by atoms with E-state index >= 15 is 0 Å². The lowest BCUT2D eigenvalue weighted by atomic mass is 10.2. The van der Waals surface area contributed by atoms with Crippen LogP contribution in [-0.4, -0.2) is 19.8 Å². The molecule has 0 saturated heterocycles. The van der Waals surface area contributed by atoms with Crippen molar-refractivity contribution in [3.63, 3.8) is 0 Å². The summed E-state index contributed by atoms with van der Waals surface area (Å²) in [5.74, 6) is 1.58. The fraction of sp³-hybridized carbons (Fsp3) is 0.105. The van der Waals surface area contributed by atoms with Gasteiger partial charge in [0.05, 0.1) is 0 Å². The van der Waals surface area contributed by atoms with E-state index in [1.165, 1.54) is 15.4 Å². The second-order valence-electron chi connectivity index (χ2n) is 5.61. The molecule has 6 heteroatoms. The molecule has 124 valence electrons. The third-order valence-corrected chi connectivity index (χ3v) is 4.95. The number of nitrogens with zero attached hydrogens (tertiary/aromatic N) is 4. The Morgan fingerprint density at radius 2 is 1.72 bits per heavy atom. The molecule has 0 aliphatic carbocycles. The Bertz CT molecular complexity index is 997. The molecule has 2 aromatic carbocycles. The summed E-state index contributed by atoms with van der Waals surface area (Å²) in [5, 5.41) is 16.0. The summed E-state index contributed by atoms with van der Waals surface area (Å²) in [7, 11) is 0. The van der Waals surface area contributed by atoms with Crippen LogP contribution in [0.5, 0.6) is 0 Å². The number of rotatable bonds is 5. The topological polar surface area (TPSA) is 55.1 Å². The highest BCUT2D eigenvalue weighted by molar-refractivity contribution is 7.99. The van der Waals surface area contributed by atoms with Gasteiger partial charge in [0.15, 0.2) is 11.5 Å². The summed E-state index contributed by atoms with van der Waals surface area (Å²) >= 11 is 1.77. The Labute approximate surface area is 150 Å². The van der Waals surface area contributed by atoms with Gasteiger partial charge in [-0.15, -0.1) is 15.3 Å². The Morgan fingerprint density at radius 3 is 2.60 bits per heavy atom. The lowest BCUT2D eigenvalue weighted by Crippen LogP contribution is -2.05. The summed E-state index contributed by atoms with van der Waals surface area (Å²) in [5.41, 5.74) is 1.99. The van der Waals surface area contributed by atoms with Gasteiger partial charge in [0, 0.05) is 16.3 Å². The molecule has 0 aliphatic heterocycles. The van der Waals surface area contributed by atoms with Crippen LogP contribution in [0.15, 0.2) is 76.5 Å². The van der Waals surface area contributed by atoms with Gasteiger partial charge in [-0.05, 0) is 42.8 Å². The van der Waals surface area contributed by atoms with Crippen molar-refractivity contribution in [2.45, 2.75) is 23.3 Å². The monoisotopic (exact) mass is 347 g/mol. The zero-order chi connectivity index (χ0) is 17.1. The maximum Gasteiger partial charge on any atom is 0.178 e. The molecule has 0 spiro atoms. The summed E-state index contributed by atoms with van der Waals surface area (Å²) in [6, 6.07) is 22.7. The van der Waals surface area contributed by atoms with Crippen molar-refractivity contribution >= 4 is 23.2 Å². The molecule has 4 rings (SSSR count). The van der Waals surface area contributed by atoms with Gasteiger partial charge in [-0.25, -0.2) is 0 Å². The van der Waals surface area contributed by atoms with Crippen LogP contribution in [-0.2, 0) is 6.54 Å². The molecule has 0 fully saturated rings. The van der Waals surface area contributed by atoms with Gasteiger partial charge in [0.25, 0.3) is 0 Å². The van der Waals surface area contributed by atoms with Gasteiger partial charge in [0.1, 0.15) is 5.82 Å². The van der Waals surface area contributed by atoms with Crippen LogP contribution in [0.1, 0.15) is 11.4 Å². The predicted molar refractivity (Wildman–Crippen MR) is 99.9 cm³/mol. The number of aryl methyl sites for hydroxylation is 1. The Morgan fingerprint density at radius 1 is 0.920 bits per heavy atom. The van der Waals surface area contributed by atoms with E-state index in [2.05, 4.69) is 69.1 Å². The van der Waals surface area contributed by atoms with Crippen molar-refractivity contribution in [3.8, 4) is 0 Å². The molecule has 2 aromatic heterocycles. The fourth-order valence-electron chi connectivity index (χ4n) is 2.54. The zero-order valence-corrected chi connectivity index (χ0v) is 14.6. The van der Waals surface area contributed by atoms with Crippen LogP contribution in [0.25, 0.3) is 5.65 Å². The van der Waals surface area contributed by atoms with Gasteiger partial charge < -0.3 is 5.32 Å². The molecule has 0 bridgehead atoms. The van der Waals surface area contributed by atoms with Crippen molar-refractivity contribution in [1.82, 2.24) is 19.8 Å². The SMILES string of the molecule is Cc1nnc2ccc(NCc3ccccc3Sc3ccccc3)nn12. The molecule has 4 aromatic rings. The van der Waals surface area contributed by atoms with E-state index in [0.717, 1.165) is 17.3 Å². The Hall–Kier alpha value is -2.86. The van der Waals surface area contributed by atoms with E-state index in [4.69, 9.17) is 0 Å². The normalized spacial score (nSPS) is 10.9. The van der Waals surface area contributed by atoms with Crippen molar-refractivity contribution in [1.29, 1.82) is 0 Å². The Kier molecular flexibility index (Phi) is 4.35. The lowest BCUT2D eigenvalue weighted by Gasteiger charge is -2.11. The van der Waals surface area contributed by atoms with Gasteiger partial charge in [-0.3, -0.25) is 0 Å². The second-order valence-corrected chi connectivity index (χ2v) is 6.73. The summed E-state index contributed by atoms with van der Waals surface area (Å²) in [4.78, 5) is 2.47. The minimum atomic E-state index is 0.704. The van der Waals surface area contributed by atoms with Crippen LogP contribution >= 0.6 is 11.8 Å². The molecule has 0 atom stereocenters. The highest BCUT2D eigenvalue weighted by Gasteiger charge is 2.06. The second kappa shape index (κ2) is 6.94. The largest absolute Gasteiger partial charge is 0.365 e. The molecule has 0 amide bonds. The van der Waals surface area contributed by atoms with Crippen molar-refractivity contribution in [3.05, 3.63) is 78.1 Å². The van der Waals surface area contributed by atoms with Gasteiger partial charge in [-0.2, -0.15) is 4.52 Å². The predicted octanol–water partition coefficient (Wildman–Crippen LogP) is 4.20. The van der Waals surface area contributed by atoms with Crippen LogP contribution < -0.4 is 5.32 Å². The molecule has 0 unspecified atom stereocenters. The van der Waals surface area contributed by atoms with Gasteiger partial charge >= 0.3 is 0 Å². The Balaban J connectivity index is 1.53. The maximum absolute atomic E-state index is 4.54. The third kappa shape index (κ3) is 3.49. The number of hydrogen-bond donors (Lipinski definition) is 1. The minimum absolute atomic E-state index is 0.704. The average molecular weight is 347 g/mol. The molecular formula is C19H17N5S. The summed E-state index contributed by atoms with van der Waals surface area (Å²) in [6.07, 6.45) is 0. The van der Waals surface area contributed by atoms with Crippen molar-refractivity contribution < 1.29 is 0 Å². The van der Waals surface area contributed by atoms with E-state index in [0.29, 0.717) is 6.54 Å². The van der Waals surface area contributed by atoms with E-state index in [9.17, 15) is 0 Å². The third-order valence-electron chi connectivity index (χ3n) is 3.82. The lowest BCUT2D eigenvalue weighted by molar-refractivity contribution is 0.870. The molecule has 5 nitrogen and oxygen atoms in total. The highest BCUT2D eigenvalue weighted by atomic mass is 32.2. The first-order valence-corrected chi connectivity index (χ1v) is 8.85. The van der Waals surface area contributed by atoms with E-state index in [-0.39, 0.29) is 0 Å². The van der Waals surface area contributed by atoms with Crippen LogP contribution in [0, 0.1) is 6.92 Å². The number of hydrogen-bond acceptors (Lipinski definition) is 5. The first-order valence-electron chi connectivity index (χ1n) is 8.03. The molecule has 2 heterocycles. The highest BCUT2D eigenvalue weighted by Crippen LogP contribution is 2.30. The molecule has 1 N–H and O–H groups in total. The number of anilines is 1. The average Bonchev–Trinajstić information content (AvgIpc) is 3.02. The van der Waals surface area contributed by atoms with Gasteiger partial charge in [-0.1, -0.05) is 48.2 Å². The first kappa shape index (κ1) is 15.7. The van der Waals surface area contributed by atoms with Crippen LogP contribution in [0.4, 0.5) is 5.82 Å². The molecular weight excluding hydrogens is 330 g/mol. The zero-order valence-electron chi connectivity index (χ0n) is 13.8.